The standard InChI is InChI=1S/C27H49N3O2/c1-3-4-5-6-7-8-9-10-11-12-13-14-15-16-17-18-19-20-21-26-29-22-23-30(26,25(2)28)24-27(31)32/h5-6,22-23,25H,3-4,7-21,24,28H2,1-2H3/b6-5+. The molecule has 0 bridgehead atoms. The number of carbonyl (C=O) groups excluding carboxylic acids is 1. The Morgan fingerprint density at radius 3 is 1.94 bits per heavy atom. The highest BCUT2D eigenvalue weighted by atomic mass is 16.4. The number of carboxylic acid groups (broad SMARTS) is 1. The molecule has 184 valence electrons. The monoisotopic (exact) mass is 447 g/mol. The zero-order chi connectivity index (χ0) is 23.5. The molecule has 0 saturated carbocycles. The molecule has 1 aliphatic heterocycles. The second-order valence-electron chi connectivity index (χ2n) is 9.44. The van der Waals surface area contributed by atoms with Gasteiger partial charge in [0.25, 0.3) is 0 Å². The molecule has 0 aliphatic carbocycles. The summed E-state index contributed by atoms with van der Waals surface area (Å²) in [5.41, 5.74) is 6.09. The van der Waals surface area contributed by atoms with Crippen LogP contribution < -0.4 is 10.8 Å². The fourth-order valence-corrected chi connectivity index (χ4v) is 4.47. The zero-order valence-corrected chi connectivity index (χ0v) is 20.9. The number of quaternary nitrogens is 1. The van der Waals surface area contributed by atoms with Gasteiger partial charge in [-0.25, -0.2) is 9.48 Å². The highest BCUT2D eigenvalue weighted by molar-refractivity contribution is 5.81. The van der Waals surface area contributed by atoms with Gasteiger partial charge in [0.15, 0.2) is 0 Å². The van der Waals surface area contributed by atoms with Crippen molar-refractivity contribution in [2.45, 2.75) is 129 Å². The summed E-state index contributed by atoms with van der Waals surface area (Å²) >= 11 is 0. The number of rotatable bonds is 21. The van der Waals surface area contributed by atoms with E-state index < -0.39 is 5.97 Å². The molecular formula is C27H49N3O2. The topological polar surface area (TPSA) is 78.5 Å². The van der Waals surface area contributed by atoms with Gasteiger partial charge >= 0.3 is 0 Å². The molecule has 5 heteroatoms. The molecule has 0 aromatic carbocycles. The van der Waals surface area contributed by atoms with Gasteiger partial charge in [-0.1, -0.05) is 96.1 Å². The highest BCUT2D eigenvalue weighted by Gasteiger charge is 2.38. The summed E-state index contributed by atoms with van der Waals surface area (Å²) in [6.07, 6.45) is 29.5. The van der Waals surface area contributed by atoms with Crippen LogP contribution in [0.3, 0.4) is 0 Å². The van der Waals surface area contributed by atoms with E-state index in [-0.39, 0.29) is 17.2 Å². The van der Waals surface area contributed by atoms with Crippen LogP contribution in [0.4, 0.5) is 0 Å². The Kier molecular flexibility index (Phi) is 16.1. The summed E-state index contributed by atoms with van der Waals surface area (Å²) in [6, 6.07) is 0. The van der Waals surface area contributed by atoms with Crippen molar-refractivity contribution in [2.75, 3.05) is 6.54 Å². The maximum Gasteiger partial charge on any atom is 0.209 e. The lowest BCUT2D eigenvalue weighted by Crippen LogP contribution is -2.60. The van der Waals surface area contributed by atoms with Gasteiger partial charge in [-0.05, 0) is 25.7 Å². The Labute approximate surface area is 197 Å². The number of unbranched alkanes of at least 4 members (excludes halogenated alkanes) is 14. The van der Waals surface area contributed by atoms with E-state index >= 15 is 0 Å². The Hall–Kier alpha value is -1.46. The van der Waals surface area contributed by atoms with Crippen LogP contribution in [0.2, 0.25) is 0 Å². The lowest BCUT2D eigenvalue weighted by Gasteiger charge is -2.36. The molecular weight excluding hydrogens is 398 g/mol. The Bertz CT molecular complexity index is 583. The fourth-order valence-electron chi connectivity index (χ4n) is 4.47. The largest absolute Gasteiger partial charge is 0.544 e. The van der Waals surface area contributed by atoms with Gasteiger partial charge in [-0.2, -0.15) is 0 Å². The number of aliphatic carboxylic acids is 1. The van der Waals surface area contributed by atoms with Gasteiger partial charge in [-0.15, -0.1) is 0 Å². The minimum absolute atomic E-state index is 0.109. The van der Waals surface area contributed by atoms with E-state index in [0.717, 1.165) is 25.1 Å². The number of aliphatic imine (C=N–C) groups is 1. The summed E-state index contributed by atoms with van der Waals surface area (Å²) in [4.78, 5) is 15.6. The van der Waals surface area contributed by atoms with E-state index in [2.05, 4.69) is 24.1 Å². The molecule has 2 atom stereocenters. The van der Waals surface area contributed by atoms with Crippen LogP contribution in [0.25, 0.3) is 0 Å². The third-order valence-electron chi connectivity index (χ3n) is 6.55. The number of allylic oxidation sites excluding steroid dienone is 2. The Morgan fingerprint density at radius 1 is 0.938 bits per heavy atom. The van der Waals surface area contributed by atoms with Gasteiger partial charge in [0.2, 0.25) is 5.84 Å². The first-order valence-electron chi connectivity index (χ1n) is 13.3. The summed E-state index contributed by atoms with van der Waals surface area (Å²) in [7, 11) is 0. The first kappa shape index (κ1) is 28.6. The van der Waals surface area contributed by atoms with E-state index in [1.54, 1.807) is 12.4 Å². The average Bonchev–Trinajstić information content (AvgIpc) is 3.16. The number of nitrogens with zero attached hydrogens (tertiary/aromatic N) is 2. The number of hydrogen-bond acceptors (Lipinski definition) is 4. The Balaban J connectivity index is 1.94. The molecule has 1 rings (SSSR count). The van der Waals surface area contributed by atoms with Crippen molar-refractivity contribution in [3.63, 3.8) is 0 Å². The summed E-state index contributed by atoms with van der Waals surface area (Å²) in [6.45, 7) is 3.93. The number of carbonyl (C=O) groups is 1. The molecule has 1 heterocycles. The van der Waals surface area contributed by atoms with Crippen LogP contribution in [0.1, 0.15) is 123 Å². The lowest BCUT2D eigenvalue weighted by molar-refractivity contribution is -0.808. The predicted molar refractivity (Wildman–Crippen MR) is 134 cm³/mol. The van der Waals surface area contributed by atoms with Crippen LogP contribution >= 0.6 is 0 Å². The van der Waals surface area contributed by atoms with Gasteiger partial charge < -0.3 is 9.90 Å². The van der Waals surface area contributed by atoms with Gasteiger partial charge in [-0.3, -0.25) is 5.73 Å². The van der Waals surface area contributed by atoms with E-state index in [9.17, 15) is 9.90 Å². The Morgan fingerprint density at radius 2 is 1.44 bits per heavy atom. The summed E-state index contributed by atoms with van der Waals surface area (Å²) in [5, 5.41) is 11.2. The molecule has 0 aromatic rings. The fraction of sp³-hybridized carbons (Fsp3) is 0.778. The van der Waals surface area contributed by atoms with E-state index in [1.165, 1.54) is 89.9 Å². The van der Waals surface area contributed by atoms with Crippen LogP contribution in [-0.4, -0.2) is 29.0 Å². The van der Waals surface area contributed by atoms with Crippen LogP contribution in [-0.2, 0) is 4.79 Å². The molecule has 0 spiro atoms. The molecule has 2 unspecified atom stereocenters. The van der Waals surface area contributed by atoms with Crippen molar-refractivity contribution in [3.8, 4) is 0 Å². The van der Waals surface area contributed by atoms with E-state index in [4.69, 9.17) is 5.73 Å². The molecule has 0 aromatic heterocycles. The van der Waals surface area contributed by atoms with Gasteiger partial charge in [0.1, 0.15) is 18.9 Å². The van der Waals surface area contributed by atoms with Crippen molar-refractivity contribution in [2.24, 2.45) is 10.7 Å². The smallest absolute Gasteiger partial charge is 0.209 e. The molecule has 32 heavy (non-hydrogen) atoms. The highest BCUT2D eigenvalue weighted by Crippen LogP contribution is 2.23. The van der Waals surface area contributed by atoms with Crippen molar-refractivity contribution in [1.29, 1.82) is 0 Å². The quantitative estimate of drug-likeness (QED) is 0.134. The molecule has 0 radical (unpaired) electrons. The minimum Gasteiger partial charge on any atom is -0.544 e. The second kappa shape index (κ2) is 18.0. The number of hydrogen-bond donors (Lipinski definition) is 1. The third-order valence-corrected chi connectivity index (χ3v) is 6.55. The molecule has 0 fully saturated rings. The third kappa shape index (κ3) is 12.0. The SMILES string of the molecule is CCC/C=C/CCCCCCCCCCCCCCCC1=NC=C[N+]1(CC(=O)[O-])C(C)N. The van der Waals surface area contributed by atoms with Gasteiger partial charge in [0.05, 0.1) is 12.2 Å². The lowest BCUT2D eigenvalue weighted by atomic mass is 10.0. The summed E-state index contributed by atoms with van der Waals surface area (Å²) < 4.78 is 0.109. The number of amidine groups is 1. The second-order valence-corrected chi connectivity index (χ2v) is 9.44. The first-order chi connectivity index (χ1) is 15.5. The first-order valence-corrected chi connectivity index (χ1v) is 13.3. The zero-order valence-electron chi connectivity index (χ0n) is 20.9. The van der Waals surface area contributed by atoms with Crippen LogP contribution in [0.15, 0.2) is 29.5 Å². The average molecular weight is 448 g/mol. The molecule has 0 saturated heterocycles. The maximum absolute atomic E-state index is 11.2. The van der Waals surface area contributed by atoms with Crippen LogP contribution in [0, 0.1) is 0 Å². The van der Waals surface area contributed by atoms with E-state index in [1.807, 2.05) is 6.92 Å². The normalized spacial score (nSPS) is 19.0. The number of nitrogens with two attached hydrogens (primary N) is 1. The molecule has 5 nitrogen and oxygen atoms in total. The number of carboxylic acids is 1. The van der Waals surface area contributed by atoms with Crippen molar-refractivity contribution >= 4 is 11.8 Å². The van der Waals surface area contributed by atoms with E-state index in [0.29, 0.717) is 0 Å². The molecule has 0 amide bonds. The maximum atomic E-state index is 11.2. The molecule has 2 N–H and O–H groups in total. The molecule has 1 aliphatic rings. The predicted octanol–water partition coefficient (Wildman–Crippen LogP) is 5.95. The van der Waals surface area contributed by atoms with Crippen molar-refractivity contribution in [3.05, 3.63) is 24.6 Å². The van der Waals surface area contributed by atoms with Crippen LogP contribution in [0.5, 0.6) is 0 Å². The van der Waals surface area contributed by atoms with Crippen molar-refractivity contribution < 1.29 is 14.4 Å². The minimum atomic E-state index is -1.09. The van der Waals surface area contributed by atoms with Crippen molar-refractivity contribution in [1.82, 2.24) is 0 Å². The summed E-state index contributed by atoms with van der Waals surface area (Å²) in [5.74, 6) is -0.228. The van der Waals surface area contributed by atoms with Gasteiger partial charge in [0, 0.05) is 13.3 Å².